The molecule has 0 radical (unpaired) electrons. The number of aryl methyl sites for hydroxylation is 7. The van der Waals surface area contributed by atoms with Crippen molar-refractivity contribution in [2.24, 2.45) is 32.5 Å². The Morgan fingerprint density at radius 3 is 0.944 bits per heavy atom. The van der Waals surface area contributed by atoms with Crippen molar-refractivity contribution in [3.05, 3.63) is 337 Å². The Kier molecular flexibility index (Phi) is 24.8. The second-order valence-electron chi connectivity index (χ2n) is 45.9. The van der Waals surface area contributed by atoms with Gasteiger partial charge in [-0.15, -0.1) is 0 Å². The highest BCUT2D eigenvalue weighted by Crippen LogP contribution is 2.59. The van der Waals surface area contributed by atoms with Crippen LogP contribution in [0.3, 0.4) is 0 Å². The van der Waals surface area contributed by atoms with Crippen molar-refractivity contribution in [3.63, 3.8) is 0 Å². The molecular formula is C115H129BrN20O6. The summed E-state index contributed by atoms with van der Waals surface area (Å²) in [4.78, 5) is 86.8. The summed E-state index contributed by atoms with van der Waals surface area (Å²) in [6.07, 6.45) is 15.9. The second kappa shape index (κ2) is 36.3. The van der Waals surface area contributed by atoms with Crippen LogP contribution < -0.4 is 31.9 Å². The first kappa shape index (κ1) is 97.0. The molecule has 4 aromatic carbocycles. The normalized spacial score (nSPS) is 23.2. The van der Waals surface area contributed by atoms with E-state index >= 15 is 0 Å². The van der Waals surface area contributed by atoms with Gasteiger partial charge >= 0.3 is 0 Å². The zero-order chi connectivity index (χ0) is 101. The average Bonchev–Trinajstić information content (AvgIpc) is 1.38. The lowest BCUT2D eigenvalue weighted by molar-refractivity contribution is -0.119. The number of aromatic amines is 6. The van der Waals surface area contributed by atoms with Crippen LogP contribution in [0, 0.1) is 81.0 Å². The molecule has 4 unspecified atom stereocenters. The molecule has 732 valence electrons. The van der Waals surface area contributed by atoms with Gasteiger partial charge < -0.3 is 31.9 Å². The number of carbonyl (C=O) groups is 6. The lowest BCUT2D eigenvalue weighted by Gasteiger charge is -2.43. The van der Waals surface area contributed by atoms with Crippen molar-refractivity contribution in [2.45, 2.75) is 257 Å². The topological polar surface area (TPSA) is 372 Å². The summed E-state index contributed by atoms with van der Waals surface area (Å²) in [5, 5.41) is 65.5. The summed E-state index contributed by atoms with van der Waals surface area (Å²) in [5.74, 6) is 6.27. The van der Waals surface area contributed by atoms with E-state index in [1.54, 1.807) is 12.4 Å². The number of fused-ring (bicyclic) bond motifs is 6. The molecule has 8 aromatic heterocycles. The van der Waals surface area contributed by atoms with E-state index < -0.39 is 10.8 Å². The molecule has 14 heterocycles. The molecule has 0 saturated heterocycles. The number of benzene rings is 4. The number of H-pyrrole nitrogens is 6. The minimum atomic E-state index is -0.533. The van der Waals surface area contributed by atoms with Gasteiger partial charge in [-0.25, -0.2) is 0 Å². The molecule has 0 spiro atoms. The van der Waals surface area contributed by atoms with Crippen LogP contribution in [0.5, 0.6) is 0 Å². The lowest BCUT2D eigenvalue weighted by atomic mass is 9.62. The maximum absolute atomic E-state index is 13.1. The first-order chi connectivity index (χ1) is 67.3. The monoisotopic (exact) mass is 1960 g/mol. The quantitative estimate of drug-likeness (QED) is 0.0735. The number of aromatic nitrogens is 14. The molecule has 12 aromatic rings. The third-order valence-electron chi connectivity index (χ3n) is 30.7. The summed E-state index contributed by atoms with van der Waals surface area (Å²) < 4.78 is 0.832. The highest BCUT2D eigenvalue weighted by Gasteiger charge is 2.54. The Labute approximate surface area is 838 Å². The minimum Gasteiger partial charge on any atom is -0.342 e. The van der Waals surface area contributed by atoms with Gasteiger partial charge in [-0.2, -0.15) is 30.6 Å². The Bertz CT molecular complexity index is 6910. The van der Waals surface area contributed by atoms with E-state index in [0.717, 1.165) is 230 Å². The molecule has 0 fully saturated rings. The smallest absolute Gasteiger partial charge is 0.162 e. The van der Waals surface area contributed by atoms with Crippen molar-refractivity contribution < 1.29 is 28.8 Å². The predicted octanol–water partition coefficient (Wildman–Crippen LogP) is 23.7. The van der Waals surface area contributed by atoms with Crippen molar-refractivity contribution in [1.82, 2.24) is 71.2 Å². The summed E-state index contributed by atoms with van der Waals surface area (Å²) in [6, 6.07) is 45.1. The summed E-state index contributed by atoms with van der Waals surface area (Å²) in [7, 11) is 0. The van der Waals surface area contributed by atoms with Gasteiger partial charge in [0.2, 0.25) is 0 Å². The van der Waals surface area contributed by atoms with E-state index in [9.17, 15) is 28.8 Å². The molecule has 0 bridgehead atoms. The average molecular weight is 1970 g/mol. The molecule has 27 heteroatoms. The SMILES string of the molecule is CC1(C)CC(=O)C2=C(C1)Nc1n[nH]c(Br)c1C2c1ccccc1.Cc1[nH]nc2c1C(C)(c1ccccc1)C1=C(CC(C)(C)CC1=O)N2.Cc1[nH]nc2c1C(C)(c1cccnc1)C1=C(CC(C)(C)CC1=O)N2.Cc1[nH]nc2c1C(c1cccnc1)C1=C(CC(C)(C)CC1=O)N2.Cc1ccccc1[C@@H]1C2=C(CC(C)(C)CC2=O)Nc2n[nH]c(C)c21.Cc1ccccc1[C@H]1C2=C(CC(C)(C)CC2=O)Nc2n[nH]c(C)c21. The zero-order valence-corrected chi connectivity index (χ0v) is 86.8. The Hall–Kier alpha value is -13.8. The summed E-state index contributed by atoms with van der Waals surface area (Å²) in [6.45, 7) is 44.4. The molecule has 0 amide bonds. The van der Waals surface area contributed by atoms with Crippen LogP contribution in [0.1, 0.15) is 304 Å². The molecule has 0 saturated carbocycles. The van der Waals surface area contributed by atoms with Gasteiger partial charge in [-0.05, 0) is 206 Å². The van der Waals surface area contributed by atoms with Crippen LogP contribution in [-0.2, 0) is 39.6 Å². The summed E-state index contributed by atoms with van der Waals surface area (Å²) >= 11 is 3.56. The first-order valence-corrected chi connectivity index (χ1v) is 50.3. The molecule has 12 N–H and O–H groups in total. The van der Waals surface area contributed by atoms with E-state index in [2.05, 4.69) is 290 Å². The Morgan fingerprint density at radius 1 is 0.275 bits per heavy atom. The van der Waals surface area contributed by atoms with Crippen molar-refractivity contribution >= 4 is 85.5 Å². The van der Waals surface area contributed by atoms with Gasteiger partial charge in [-0.3, -0.25) is 69.3 Å². The van der Waals surface area contributed by atoms with E-state index in [1.807, 2.05) is 120 Å². The molecular weight excluding hydrogens is 1840 g/mol. The maximum atomic E-state index is 13.1. The molecule has 24 rings (SSSR count). The number of halogens is 1. The van der Waals surface area contributed by atoms with Gasteiger partial charge in [0.25, 0.3) is 0 Å². The van der Waals surface area contributed by atoms with Gasteiger partial charge in [-0.1, -0.05) is 204 Å². The van der Waals surface area contributed by atoms with Gasteiger partial charge in [0.15, 0.2) is 69.6 Å². The van der Waals surface area contributed by atoms with E-state index in [-0.39, 0.29) is 90.9 Å². The molecule has 6 aliphatic heterocycles. The number of hydrogen-bond acceptors (Lipinski definition) is 20. The molecule has 142 heavy (non-hydrogen) atoms. The van der Waals surface area contributed by atoms with Crippen molar-refractivity contribution in [1.29, 1.82) is 0 Å². The van der Waals surface area contributed by atoms with E-state index in [0.29, 0.717) is 38.5 Å². The van der Waals surface area contributed by atoms with Crippen molar-refractivity contribution in [2.75, 3.05) is 31.9 Å². The fourth-order valence-electron chi connectivity index (χ4n) is 24.7. The van der Waals surface area contributed by atoms with Crippen LogP contribution in [0.4, 0.5) is 34.9 Å². The van der Waals surface area contributed by atoms with Gasteiger partial charge in [0.1, 0.15) is 4.60 Å². The van der Waals surface area contributed by atoms with E-state index in [4.69, 9.17) is 0 Å². The number of ketones is 6. The van der Waals surface area contributed by atoms with Crippen LogP contribution in [0.15, 0.2) is 230 Å². The van der Waals surface area contributed by atoms with Crippen molar-refractivity contribution in [3.8, 4) is 0 Å². The standard InChI is InChI=1S/3C20H23N3O.C19H22N4O.C18H18BrN3O.C18H20N4O/c2*1-11-7-5-6-8-13(11)17-16-12(2)22-23-19(16)21-14-9-20(3,4)10-15(24)18(14)17;1-12-16-18(23-22-12)21-14-10-19(2,3)11-15(24)17(14)20(16,4)13-8-6-5-7-9-13;1-11-15-17(23-22-11)21-13-8-18(2,3)9-14(24)16(13)19(15,4)12-6-5-7-20-10-12;1-18(2)8-11-14(12(23)9-18)13(10-6-4-3-5-7-10)15-16(19)21-22-17(15)20-11;1-10-14-15(11-5-4-6-19-9-11)16-12(20-17(14)22-21-10)7-18(2,3)8-13(16)23/h2*5-8,17H,9-10H2,1-4H3,(H2,21,22,23);5-9H,10-11H2,1-4H3,(H2,21,22,23);5-7,10H,8-9H2,1-4H3,(H2,21,22,23);3-7,13H,8-9H2,1-2H3,(H2,20,21,22);4-6,9,15H,7-8H2,1-3H3,(H2,20,21,22)/t2*17-;;;;/m10..../s1. The second-order valence-corrected chi connectivity index (χ2v) is 46.7. The fourth-order valence-corrected chi connectivity index (χ4v) is 25.3. The van der Waals surface area contributed by atoms with E-state index in [1.165, 1.54) is 22.3 Å². The number of carbonyl (C=O) groups excluding carboxylic acids is 6. The number of allylic oxidation sites excluding steroid dienone is 12. The molecule has 12 aliphatic rings. The number of hydrogen-bond donors (Lipinski definition) is 12. The number of nitrogens with zero attached hydrogens (tertiary/aromatic N) is 8. The van der Waals surface area contributed by atoms with Gasteiger partial charge in [0, 0.05) is 216 Å². The number of rotatable bonds is 6. The number of nitrogens with one attached hydrogen (secondary N) is 12. The lowest BCUT2D eigenvalue weighted by Crippen LogP contribution is -2.42. The first-order valence-electron chi connectivity index (χ1n) is 49.5. The van der Waals surface area contributed by atoms with Crippen LogP contribution in [-0.4, -0.2) is 106 Å². The minimum absolute atomic E-state index is 0.0119. The zero-order valence-electron chi connectivity index (χ0n) is 85.2. The third kappa shape index (κ3) is 17.7. The van der Waals surface area contributed by atoms with Crippen LogP contribution in [0.25, 0.3) is 0 Å². The highest BCUT2D eigenvalue weighted by atomic mass is 79.9. The predicted molar refractivity (Wildman–Crippen MR) is 559 cm³/mol. The molecule has 26 nitrogen and oxygen atoms in total. The number of Topliss-reactive ketones (excluding diaryl/α,β-unsaturated/α-hetero) is 6. The Morgan fingerprint density at radius 2 is 0.563 bits per heavy atom. The Balaban J connectivity index is 0.000000108. The maximum Gasteiger partial charge on any atom is 0.162 e. The molecule has 6 atom stereocenters. The molecule has 6 aliphatic carbocycles. The summed E-state index contributed by atoms with van der Waals surface area (Å²) in [5.41, 5.74) is 31.0. The highest BCUT2D eigenvalue weighted by molar-refractivity contribution is 9.10. The van der Waals surface area contributed by atoms with Crippen LogP contribution >= 0.6 is 15.9 Å². The largest absolute Gasteiger partial charge is 0.342 e. The number of anilines is 6. The third-order valence-corrected chi connectivity index (χ3v) is 31.3. The van der Waals surface area contributed by atoms with Crippen LogP contribution in [0.2, 0.25) is 0 Å². The fraction of sp³-hybridized carbons (Fsp3) is 0.391. The number of pyridine rings is 2. The van der Waals surface area contributed by atoms with Gasteiger partial charge in [0.05, 0.1) is 10.8 Å².